The fourth-order valence-electron chi connectivity index (χ4n) is 1.87. The van der Waals surface area contributed by atoms with Crippen LogP contribution in [0.4, 0.5) is 16.0 Å². The highest BCUT2D eigenvalue weighted by Gasteiger charge is 2.22. The Morgan fingerprint density at radius 3 is 2.68 bits per heavy atom. The molecule has 0 amide bonds. The summed E-state index contributed by atoms with van der Waals surface area (Å²) >= 11 is 0. The molecule has 0 unspecified atom stereocenters. The number of aromatic nitrogens is 1. The molecular weight excluding hydrogens is 253 g/mol. The van der Waals surface area contributed by atoms with Gasteiger partial charge in [-0.05, 0) is 12.0 Å². The lowest BCUT2D eigenvalue weighted by atomic mass is 9.98. The molecule has 7 heteroatoms. The molecule has 0 saturated carbocycles. The van der Waals surface area contributed by atoms with E-state index in [0.717, 1.165) is 6.07 Å². The van der Waals surface area contributed by atoms with E-state index in [2.05, 4.69) is 5.16 Å². The standard InChI is InChI=1S/C12H12FN3O3/c1-6(2)10-11(15-19-12(10)14)8-4-3-7(16(17)18)5-9(8)13/h3-6H,14H2,1-2H3. The van der Waals surface area contributed by atoms with Crippen molar-refractivity contribution >= 4 is 11.6 Å². The van der Waals surface area contributed by atoms with Gasteiger partial charge in [-0.3, -0.25) is 10.1 Å². The van der Waals surface area contributed by atoms with Crippen LogP contribution in [0.25, 0.3) is 11.3 Å². The topological polar surface area (TPSA) is 95.2 Å². The van der Waals surface area contributed by atoms with Crippen molar-refractivity contribution in [1.82, 2.24) is 5.16 Å². The van der Waals surface area contributed by atoms with Crippen LogP contribution in [0.15, 0.2) is 22.7 Å². The number of halogens is 1. The Kier molecular flexibility index (Phi) is 3.20. The molecule has 0 aliphatic carbocycles. The smallest absolute Gasteiger partial charge is 0.272 e. The highest BCUT2D eigenvalue weighted by Crippen LogP contribution is 2.35. The first-order valence-corrected chi connectivity index (χ1v) is 5.61. The van der Waals surface area contributed by atoms with Crippen LogP contribution in [0.1, 0.15) is 25.3 Å². The fourth-order valence-corrected chi connectivity index (χ4v) is 1.87. The molecule has 0 radical (unpaired) electrons. The molecule has 6 nitrogen and oxygen atoms in total. The molecule has 19 heavy (non-hydrogen) atoms. The number of hydrogen-bond acceptors (Lipinski definition) is 5. The van der Waals surface area contributed by atoms with Gasteiger partial charge in [0.25, 0.3) is 5.69 Å². The van der Waals surface area contributed by atoms with Gasteiger partial charge in [-0.1, -0.05) is 19.0 Å². The summed E-state index contributed by atoms with van der Waals surface area (Å²) < 4.78 is 18.8. The molecule has 1 aromatic carbocycles. The quantitative estimate of drug-likeness (QED) is 0.679. The predicted octanol–water partition coefficient (Wildman–Crippen LogP) is 3.09. The Labute approximate surface area is 108 Å². The number of nitrogens with two attached hydrogens (primary N) is 1. The molecule has 0 fully saturated rings. The summed E-state index contributed by atoms with van der Waals surface area (Å²) in [6, 6.07) is 3.37. The van der Waals surface area contributed by atoms with Crippen LogP contribution in [0.2, 0.25) is 0 Å². The highest BCUT2D eigenvalue weighted by atomic mass is 19.1. The number of benzene rings is 1. The van der Waals surface area contributed by atoms with Gasteiger partial charge < -0.3 is 10.3 Å². The largest absolute Gasteiger partial charge is 0.367 e. The van der Waals surface area contributed by atoms with Crippen molar-refractivity contribution in [3.63, 3.8) is 0 Å². The summed E-state index contributed by atoms with van der Waals surface area (Å²) in [5.74, 6) is -0.608. The van der Waals surface area contributed by atoms with Gasteiger partial charge >= 0.3 is 0 Å². The average Bonchev–Trinajstić information content (AvgIpc) is 2.70. The maximum absolute atomic E-state index is 13.9. The number of nitro groups is 1. The van der Waals surface area contributed by atoms with E-state index in [1.54, 1.807) is 0 Å². The number of anilines is 1. The van der Waals surface area contributed by atoms with E-state index in [-0.39, 0.29) is 28.7 Å². The SMILES string of the molecule is CC(C)c1c(-c2ccc([N+](=O)[O-])cc2F)noc1N. The maximum Gasteiger partial charge on any atom is 0.272 e. The van der Waals surface area contributed by atoms with Crippen LogP contribution in [-0.2, 0) is 0 Å². The number of non-ortho nitro benzene ring substituents is 1. The first-order chi connectivity index (χ1) is 8.91. The van der Waals surface area contributed by atoms with E-state index in [4.69, 9.17) is 10.3 Å². The lowest BCUT2D eigenvalue weighted by Gasteiger charge is -2.06. The molecule has 100 valence electrons. The van der Waals surface area contributed by atoms with E-state index in [0.29, 0.717) is 5.56 Å². The monoisotopic (exact) mass is 265 g/mol. The molecule has 1 aromatic heterocycles. The normalized spacial score (nSPS) is 10.9. The van der Waals surface area contributed by atoms with Gasteiger partial charge in [0, 0.05) is 17.2 Å². The number of nitrogen functional groups attached to an aromatic ring is 1. The molecule has 0 aliphatic rings. The summed E-state index contributed by atoms with van der Waals surface area (Å²) in [4.78, 5) is 9.91. The second kappa shape index (κ2) is 4.68. The summed E-state index contributed by atoms with van der Waals surface area (Å²) in [6.45, 7) is 3.74. The van der Waals surface area contributed by atoms with Crippen LogP contribution in [-0.4, -0.2) is 10.1 Å². The minimum Gasteiger partial charge on any atom is -0.367 e. The van der Waals surface area contributed by atoms with E-state index in [1.165, 1.54) is 12.1 Å². The first kappa shape index (κ1) is 13.0. The van der Waals surface area contributed by atoms with Gasteiger partial charge in [-0.15, -0.1) is 0 Å². The van der Waals surface area contributed by atoms with Crippen molar-refractivity contribution in [2.24, 2.45) is 0 Å². The number of hydrogen-bond donors (Lipinski definition) is 1. The Bertz CT molecular complexity index is 637. The van der Waals surface area contributed by atoms with Crippen molar-refractivity contribution in [2.45, 2.75) is 19.8 Å². The first-order valence-electron chi connectivity index (χ1n) is 5.61. The van der Waals surface area contributed by atoms with Crippen LogP contribution in [0, 0.1) is 15.9 Å². The van der Waals surface area contributed by atoms with E-state index < -0.39 is 10.7 Å². The van der Waals surface area contributed by atoms with Crippen molar-refractivity contribution < 1.29 is 13.8 Å². The van der Waals surface area contributed by atoms with Gasteiger partial charge in [0.05, 0.1) is 11.0 Å². The van der Waals surface area contributed by atoms with Crippen molar-refractivity contribution in [2.75, 3.05) is 5.73 Å². The second-order valence-corrected chi connectivity index (χ2v) is 4.39. The van der Waals surface area contributed by atoms with Gasteiger partial charge in [0.15, 0.2) is 0 Å². The molecule has 0 aliphatic heterocycles. The molecule has 2 N–H and O–H groups in total. The number of nitrogens with zero attached hydrogens (tertiary/aromatic N) is 2. The summed E-state index contributed by atoms with van der Waals surface area (Å²) in [6.07, 6.45) is 0. The lowest BCUT2D eigenvalue weighted by Crippen LogP contribution is -1.97. The Morgan fingerprint density at radius 1 is 1.47 bits per heavy atom. The van der Waals surface area contributed by atoms with Crippen LogP contribution in [0.3, 0.4) is 0 Å². The number of rotatable bonds is 3. The lowest BCUT2D eigenvalue weighted by molar-refractivity contribution is -0.385. The van der Waals surface area contributed by atoms with Crippen LogP contribution >= 0.6 is 0 Å². The van der Waals surface area contributed by atoms with Gasteiger partial charge in [-0.25, -0.2) is 4.39 Å². The minimum atomic E-state index is -0.732. The van der Waals surface area contributed by atoms with Crippen LogP contribution in [0.5, 0.6) is 0 Å². The molecule has 1 heterocycles. The minimum absolute atomic E-state index is 0.00385. The Morgan fingerprint density at radius 2 is 2.16 bits per heavy atom. The summed E-state index contributed by atoms with van der Waals surface area (Å²) in [5, 5.41) is 14.3. The third-order valence-corrected chi connectivity index (χ3v) is 2.75. The van der Waals surface area contributed by atoms with Crippen LogP contribution < -0.4 is 5.73 Å². The van der Waals surface area contributed by atoms with E-state index in [1.807, 2.05) is 13.8 Å². The summed E-state index contributed by atoms with van der Waals surface area (Å²) in [7, 11) is 0. The van der Waals surface area contributed by atoms with Crippen molar-refractivity contribution in [3.8, 4) is 11.3 Å². The molecule has 0 atom stereocenters. The third kappa shape index (κ3) is 2.26. The molecule has 0 saturated heterocycles. The fraction of sp³-hybridized carbons (Fsp3) is 0.250. The highest BCUT2D eigenvalue weighted by molar-refractivity contribution is 5.69. The molecule has 2 aromatic rings. The zero-order valence-electron chi connectivity index (χ0n) is 10.4. The zero-order valence-corrected chi connectivity index (χ0v) is 10.4. The maximum atomic E-state index is 13.9. The van der Waals surface area contributed by atoms with Gasteiger partial charge in [0.1, 0.15) is 11.5 Å². The molecule has 0 spiro atoms. The molecular formula is C12H12FN3O3. The molecule has 2 rings (SSSR count). The average molecular weight is 265 g/mol. The Hall–Kier alpha value is -2.44. The van der Waals surface area contributed by atoms with Crippen molar-refractivity contribution in [1.29, 1.82) is 0 Å². The molecule has 0 bridgehead atoms. The van der Waals surface area contributed by atoms with Gasteiger partial charge in [-0.2, -0.15) is 0 Å². The second-order valence-electron chi connectivity index (χ2n) is 4.39. The third-order valence-electron chi connectivity index (χ3n) is 2.75. The van der Waals surface area contributed by atoms with E-state index in [9.17, 15) is 14.5 Å². The Balaban J connectivity index is 2.57. The predicted molar refractivity (Wildman–Crippen MR) is 67.1 cm³/mol. The van der Waals surface area contributed by atoms with Gasteiger partial charge in [0.2, 0.25) is 5.88 Å². The van der Waals surface area contributed by atoms with Crippen molar-refractivity contribution in [3.05, 3.63) is 39.7 Å². The summed E-state index contributed by atoms with van der Waals surface area (Å²) in [5.41, 5.74) is 6.33. The number of nitro benzene ring substituents is 1. The van der Waals surface area contributed by atoms with E-state index >= 15 is 0 Å². The zero-order chi connectivity index (χ0) is 14.2.